The van der Waals surface area contributed by atoms with Crippen LogP contribution in [0.5, 0.6) is 0 Å². The van der Waals surface area contributed by atoms with Crippen LogP contribution in [0.25, 0.3) is 0 Å². The van der Waals surface area contributed by atoms with Gasteiger partial charge in [-0.25, -0.2) is 5.43 Å². The number of hydrazone groups is 1. The summed E-state index contributed by atoms with van der Waals surface area (Å²) >= 11 is 0. The Labute approximate surface area is 123 Å². The minimum absolute atomic E-state index is 0.256. The van der Waals surface area contributed by atoms with Gasteiger partial charge in [0.15, 0.2) is 5.76 Å². The molecule has 0 spiro atoms. The van der Waals surface area contributed by atoms with Crippen molar-refractivity contribution in [2.24, 2.45) is 5.10 Å². The molecule has 1 aliphatic rings. The van der Waals surface area contributed by atoms with Gasteiger partial charge in [0, 0.05) is 24.0 Å². The Bertz CT molecular complexity index is 607. The first kappa shape index (κ1) is 13.7. The van der Waals surface area contributed by atoms with Crippen LogP contribution in [0.1, 0.15) is 54.3 Å². The summed E-state index contributed by atoms with van der Waals surface area (Å²) in [6.45, 7) is 0. The highest BCUT2D eigenvalue weighted by Gasteiger charge is 2.14. The molecule has 21 heavy (non-hydrogen) atoms. The van der Waals surface area contributed by atoms with Crippen LogP contribution < -0.4 is 5.43 Å². The molecule has 110 valence electrons. The Morgan fingerprint density at radius 1 is 1.33 bits per heavy atom. The van der Waals surface area contributed by atoms with Crippen molar-refractivity contribution in [3.05, 3.63) is 48.2 Å². The number of carbonyl (C=O) groups excluding carboxylic acids is 1. The van der Waals surface area contributed by atoms with Gasteiger partial charge in [-0.05, 0) is 31.0 Å². The van der Waals surface area contributed by atoms with Crippen LogP contribution >= 0.6 is 0 Å². The van der Waals surface area contributed by atoms with Crippen LogP contribution in [0.3, 0.4) is 0 Å². The van der Waals surface area contributed by atoms with Gasteiger partial charge in [-0.1, -0.05) is 19.3 Å². The molecule has 1 N–H and O–H groups in total. The second-order valence-corrected chi connectivity index (χ2v) is 5.36. The van der Waals surface area contributed by atoms with Crippen molar-refractivity contribution in [3.8, 4) is 0 Å². The van der Waals surface area contributed by atoms with E-state index in [1.165, 1.54) is 38.4 Å². The molecule has 3 rings (SSSR count). The Morgan fingerprint density at radius 2 is 2.19 bits per heavy atom. The lowest BCUT2D eigenvalue weighted by Crippen LogP contribution is -2.16. The lowest BCUT2D eigenvalue weighted by Gasteiger charge is -2.23. The number of amides is 1. The van der Waals surface area contributed by atoms with E-state index in [4.69, 9.17) is 4.42 Å². The van der Waals surface area contributed by atoms with Crippen LogP contribution in [0.2, 0.25) is 0 Å². The predicted molar refractivity (Wildman–Crippen MR) is 80.3 cm³/mol. The van der Waals surface area contributed by atoms with E-state index in [2.05, 4.69) is 27.5 Å². The summed E-state index contributed by atoms with van der Waals surface area (Å²) in [7, 11) is 0. The van der Waals surface area contributed by atoms with E-state index in [1.54, 1.807) is 18.3 Å². The van der Waals surface area contributed by atoms with Crippen molar-refractivity contribution in [1.82, 2.24) is 9.99 Å². The largest absolute Gasteiger partial charge is 0.459 e. The summed E-state index contributed by atoms with van der Waals surface area (Å²) in [6, 6.07) is 5.89. The third kappa shape index (κ3) is 3.42. The molecule has 1 fully saturated rings. The lowest BCUT2D eigenvalue weighted by molar-refractivity contribution is 0.0927. The summed E-state index contributed by atoms with van der Waals surface area (Å²) in [5.41, 5.74) is 3.44. The minimum Gasteiger partial charge on any atom is -0.459 e. The Hall–Kier alpha value is -2.30. The summed E-state index contributed by atoms with van der Waals surface area (Å²) < 4.78 is 7.25. The van der Waals surface area contributed by atoms with E-state index in [0.29, 0.717) is 6.04 Å². The maximum absolute atomic E-state index is 11.6. The number of hydrogen-bond acceptors (Lipinski definition) is 3. The van der Waals surface area contributed by atoms with Gasteiger partial charge in [-0.3, -0.25) is 4.79 Å². The van der Waals surface area contributed by atoms with Crippen LogP contribution in [0.15, 0.2) is 46.4 Å². The number of aromatic nitrogens is 1. The zero-order valence-corrected chi connectivity index (χ0v) is 11.9. The van der Waals surface area contributed by atoms with Crippen molar-refractivity contribution >= 4 is 12.1 Å². The molecule has 0 aromatic carbocycles. The lowest BCUT2D eigenvalue weighted by atomic mass is 9.95. The van der Waals surface area contributed by atoms with E-state index in [-0.39, 0.29) is 11.7 Å². The summed E-state index contributed by atoms with van der Waals surface area (Å²) in [4.78, 5) is 11.6. The van der Waals surface area contributed by atoms with E-state index < -0.39 is 0 Å². The molecule has 0 saturated heterocycles. The Kier molecular flexibility index (Phi) is 4.19. The van der Waals surface area contributed by atoms with Crippen molar-refractivity contribution in [3.63, 3.8) is 0 Å². The summed E-state index contributed by atoms with van der Waals surface area (Å²) in [5.74, 6) is -0.0881. The number of nitrogens with one attached hydrogen (secondary N) is 1. The van der Waals surface area contributed by atoms with E-state index in [1.807, 2.05) is 6.07 Å². The highest BCUT2D eigenvalue weighted by molar-refractivity contribution is 5.92. The van der Waals surface area contributed by atoms with Gasteiger partial charge >= 0.3 is 5.91 Å². The maximum Gasteiger partial charge on any atom is 0.307 e. The maximum atomic E-state index is 11.6. The topological polar surface area (TPSA) is 59.5 Å². The Balaban J connectivity index is 1.56. The molecule has 1 aliphatic carbocycles. The number of hydrogen-bond donors (Lipinski definition) is 1. The molecular formula is C16H19N3O2. The standard InChI is InChI=1S/C16H19N3O2/c20-16(15-7-4-10-21-15)18-17-11-13-8-9-19(12-13)14-5-2-1-3-6-14/h4,7-12,14H,1-3,5-6H2,(H,18,20)/b17-11+. The molecule has 5 heteroatoms. The SMILES string of the molecule is O=C(N/N=C/c1ccn(C2CCCCC2)c1)c1ccco1. The fourth-order valence-corrected chi connectivity index (χ4v) is 2.74. The normalized spacial score (nSPS) is 16.4. The van der Waals surface area contributed by atoms with Crippen molar-refractivity contribution in [2.75, 3.05) is 0 Å². The number of nitrogens with zero attached hydrogens (tertiary/aromatic N) is 2. The monoisotopic (exact) mass is 285 g/mol. The smallest absolute Gasteiger partial charge is 0.307 e. The first-order valence-corrected chi connectivity index (χ1v) is 7.37. The predicted octanol–water partition coefficient (Wildman–Crippen LogP) is 3.35. The highest BCUT2D eigenvalue weighted by Crippen LogP contribution is 2.28. The molecule has 0 unspecified atom stereocenters. The number of furan rings is 1. The van der Waals surface area contributed by atoms with Gasteiger partial charge in [0.2, 0.25) is 0 Å². The van der Waals surface area contributed by atoms with Crippen LogP contribution in [-0.4, -0.2) is 16.7 Å². The molecule has 2 aromatic rings. The van der Waals surface area contributed by atoms with Gasteiger partial charge in [0.05, 0.1) is 12.5 Å². The van der Waals surface area contributed by atoms with Gasteiger partial charge in [0.1, 0.15) is 0 Å². The first-order valence-electron chi connectivity index (χ1n) is 7.37. The van der Waals surface area contributed by atoms with Crippen molar-refractivity contribution in [2.45, 2.75) is 38.1 Å². The van der Waals surface area contributed by atoms with E-state index >= 15 is 0 Å². The van der Waals surface area contributed by atoms with Gasteiger partial charge < -0.3 is 8.98 Å². The molecule has 0 atom stereocenters. The molecule has 1 amide bonds. The quantitative estimate of drug-likeness (QED) is 0.691. The molecule has 0 radical (unpaired) electrons. The highest BCUT2D eigenvalue weighted by atomic mass is 16.3. The van der Waals surface area contributed by atoms with Gasteiger partial charge in [-0.2, -0.15) is 5.10 Å². The molecule has 2 aromatic heterocycles. The average Bonchev–Trinajstić information content (AvgIpc) is 3.20. The van der Waals surface area contributed by atoms with Crippen LogP contribution in [0.4, 0.5) is 0 Å². The fraction of sp³-hybridized carbons (Fsp3) is 0.375. The summed E-state index contributed by atoms with van der Waals surface area (Å²) in [6.07, 6.45) is 13.8. The fourth-order valence-electron chi connectivity index (χ4n) is 2.74. The zero-order valence-electron chi connectivity index (χ0n) is 11.9. The molecule has 0 aliphatic heterocycles. The van der Waals surface area contributed by atoms with Crippen LogP contribution in [-0.2, 0) is 0 Å². The molecule has 5 nitrogen and oxygen atoms in total. The molecular weight excluding hydrogens is 266 g/mol. The Morgan fingerprint density at radius 3 is 2.95 bits per heavy atom. The van der Waals surface area contributed by atoms with E-state index in [0.717, 1.165) is 5.56 Å². The number of carbonyl (C=O) groups is 1. The zero-order chi connectivity index (χ0) is 14.5. The van der Waals surface area contributed by atoms with Crippen molar-refractivity contribution < 1.29 is 9.21 Å². The third-order valence-corrected chi connectivity index (χ3v) is 3.86. The molecule has 2 heterocycles. The second kappa shape index (κ2) is 6.43. The van der Waals surface area contributed by atoms with Gasteiger partial charge in [-0.15, -0.1) is 0 Å². The third-order valence-electron chi connectivity index (χ3n) is 3.86. The minimum atomic E-state index is -0.344. The van der Waals surface area contributed by atoms with Gasteiger partial charge in [0.25, 0.3) is 0 Å². The second-order valence-electron chi connectivity index (χ2n) is 5.36. The first-order chi connectivity index (χ1) is 10.3. The molecule has 1 saturated carbocycles. The van der Waals surface area contributed by atoms with Crippen molar-refractivity contribution in [1.29, 1.82) is 0 Å². The summed E-state index contributed by atoms with van der Waals surface area (Å²) in [5, 5.41) is 3.96. The average molecular weight is 285 g/mol. The number of rotatable bonds is 4. The van der Waals surface area contributed by atoms with Crippen LogP contribution in [0, 0.1) is 0 Å². The van der Waals surface area contributed by atoms with E-state index in [9.17, 15) is 4.79 Å². The molecule has 0 bridgehead atoms.